The first kappa shape index (κ1) is 15.6. The topological polar surface area (TPSA) is 29.2 Å². The summed E-state index contributed by atoms with van der Waals surface area (Å²) in [5, 5.41) is 4.98. The second-order valence-corrected chi connectivity index (χ2v) is 8.00. The number of nitrogens with zero attached hydrogens (tertiary/aromatic N) is 5. The quantitative estimate of drug-likeness (QED) is 0.745. The van der Waals surface area contributed by atoms with E-state index in [2.05, 4.69) is 32.9 Å². The fraction of sp³-hybridized carbons (Fsp3) is 0.882. The predicted octanol–water partition coefficient (Wildman–Crippen LogP) is 3.43. The lowest BCUT2D eigenvalue weighted by Gasteiger charge is -2.31. The van der Waals surface area contributed by atoms with Crippen molar-refractivity contribution in [1.29, 1.82) is 0 Å². The molecule has 3 fully saturated rings. The van der Waals surface area contributed by atoms with Crippen molar-refractivity contribution in [2.24, 2.45) is 5.92 Å². The molecule has 5 nitrogen and oxygen atoms in total. The largest absolute Gasteiger partial charge is 0.341 e. The molecule has 4 rings (SSSR count). The van der Waals surface area contributed by atoms with Crippen LogP contribution in [-0.2, 0) is 6.67 Å². The van der Waals surface area contributed by atoms with E-state index in [9.17, 15) is 0 Å². The highest BCUT2D eigenvalue weighted by Gasteiger charge is 2.33. The first-order chi connectivity index (χ1) is 11.2. The molecular formula is C17H29N5S. The Morgan fingerprint density at radius 3 is 2.39 bits per heavy atom. The molecular weight excluding hydrogens is 306 g/mol. The molecule has 3 aliphatic rings. The minimum Gasteiger partial charge on any atom is -0.341 e. The van der Waals surface area contributed by atoms with E-state index in [1.807, 2.05) is 0 Å². The van der Waals surface area contributed by atoms with Crippen LogP contribution >= 0.6 is 12.2 Å². The van der Waals surface area contributed by atoms with Crippen molar-refractivity contribution >= 4 is 18.2 Å². The van der Waals surface area contributed by atoms with Gasteiger partial charge in [0, 0.05) is 25.2 Å². The maximum Gasteiger partial charge on any atom is 0.226 e. The summed E-state index contributed by atoms with van der Waals surface area (Å²) in [5.41, 5.74) is 0. The molecule has 0 radical (unpaired) electrons. The van der Waals surface area contributed by atoms with Gasteiger partial charge in [-0.3, -0.25) is 9.47 Å². The van der Waals surface area contributed by atoms with E-state index >= 15 is 0 Å². The standard InChI is InChI=1S/C17H29N5S/c1-3-19(14-4-5-14)12-21-17(23)22(15-6-7-15)16(18-21)20-10-8-13(2)9-11-20/h13-15H,3-12H2,1-2H3. The second-order valence-electron chi connectivity index (χ2n) is 7.63. The van der Waals surface area contributed by atoms with Crippen LogP contribution in [0.2, 0.25) is 0 Å². The summed E-state index contributed by atoms with van der Waals surface area (Å²) in [6, 6.07) is 1.36. The Hall–Kier alpha value is -0.880. The molecule has 0 N–H and O–H groups in total. The third kappa shape index (κ3) is 3.20. The van der Waals surface area contributed by atoms with Gasteiger partial charge in [0.1, 0.15) is 0 Å². The summed E-state index contributed by atoms with van der Waals surface area (Å²) >= 11 is 5.80. The van der Waals surface area contributed by atoms with Crippen molar-refractivity contribution in [3.63, 3.8) is 0 Å². The lowest BCUT2D eigenvalue weighted by Crippen LogP contribution is -2.35. The van der Waals surface area contributed by atoms with Gasteiger partial charge < -0.3 is 4.90 Å². The highest BCUT2D eigenvalue weighted by molar-refractivity contribution is 7.71. The number of piperidine rings is 1. The van der Waals surface area contributed by atoms with Crippen molar-refractivity contribution in [3.8, 4) is 0 Å². The summed E-state index contributed by atoms with van der Waals surface area (Å²) in [5.74, 6) is 1.98. The van der Waals surface area contributed by atoms with Crippen molar-refractivity contribution in [3.05, 3.63) is 4.77 Å². The van der Waals surface area contributed by atoms with Crippen molar-refractivity contribution in [1.82, 2.24) is 19.2 Å². The van der Waals surface area contributed by atoms with E-state index < -0.39 is 0 Å². The summed E-state index contributed by atoms with van der Waals surface area (Å²) < 4.78 is 5.37. The Kier molecular flexibility index (Phi) is 4.22. The SMILES string of the molecule is CCN(Cn1nc(N2CCC(C)CC2)n(C2CC2)c1=S)C1CC1. The molecule has 0 unspecified atom stereocenters. The molecule has 1 aromatic heterocycles. The minimum atomic E-state index is 0.599. The number of aromatic nitrogens is 3. The van der Waals surface area contributed by atoms with Gasteiger partial charge in [-0.25, -0.2) is 4.68 Å². The van der Waals surface area contributed by atoms with E-state index in [1.165, 1.54) is 38.5 Å². The molecule has 0 bridgehead atoms. The maximum absolute atomic E-state index is 5.80. The molecule has 0 aromatic carbocycles. The average molecular weight is 336 g/mol. The van der Waals surface area contributed by atoms with Gasteiger partial charge in [-0.1, -0.05) is 13.8 Å². The Labute approximate surface area is 144 Å². The smallest absolute Gasteiger partial charge is 0.226 e. The molecule has 128 valence electrons. The molecule has 1 aliphatic heterocycles. The van der Waals surface area contributed by atoms with Crippen LogP contribution in [0.3, 0.4) is 0 Å². The van der Waals surface area contributed by atoms with Gasteiger partial charge in [0.25, 0.3) is 0 Å². The van der Waals surface area contributed by atoms with Gasteiger partial charge in [0.2, 0.25) is 10.7 Å². The lowest BCUT2D eigenvalue weighted by molar-refractivity contribution is 0.205. The van der Waals surface area contributed by atoms with Gasteiger partial charge in [0.15, 0.2) is 0 Å². The van der Waals surface area contributed by atoms with Crippen LogP contribution in [0.15, 0.2) is 0 Å². The first-order valence-electron chi connectivity index (χ1n) is 9.35. The van der Waals surface area contributed by atoms with Gasteiger partial charge in [-0.05, 0) is 63.2 Å². The number of rotatable bonds is 6. The average Bonchev–Trinajstić information content (AvgIpc) is 3.45. The van der Waals surface area contributed by atoms with Gasteiger partial charge in [-0.15, -0.1) is 5.10 Å². The Morgan fingerprint density at radius 1 is 1.13 bits per heavy atom. The molecule has 0 amide bonds. The molecule has 0 spiro atoms. The molecule has 2 heterocycles. The second kappa shape index (κ2) is 6.20. The monoisotopic (exact) mass is 335 g/mol. The summed E-state index contributed by atoms with van der Waals surface area (Å²) in [6.07, 6.45) is 7.73. The molecule has 1 aromatic rings. The van der Waals surface area contributed by atoms with Crippen LogP contribution in [0.25, 0.3) is 0 Å². The van der Waals surface area contributed by atoms with Gasteiger partial charge in [-0.2, -0.15) is 0 Å². The first-order valence-corrected chi connectivity index (χ1v) is 9.76. The van der Waals surface area contributed by atoms with Crippen LogP contribution in [0.4, 0.5) is 5.95 Å². The van der Waals surface area contributed by atoms with Crippen molar-refractivity contribution < 1.29 is 0 Å². The zero-order valence-electron chi connectivity index (χ0n) is 14.4. The summed E-state index contributed by atoms with van der Waals surface area (Å²) in [7, 11) is 0. The summed E-state index contributed by atoms with van der Waals surface area (Å²) in [6.45, 7) is 8.79. The molecule has 1 saturated heterocycles. The van der Waals surface area contributed by atoms with E-state index in [-0.39, 0.29) is 0 Å². The maximum atomic E-state index is 5.80. The fourth-order valence-electron chi connectivity index (χ4n) is 3.66. The Bertz CT molecular complexity index is 605. The van der Waals surface area contributed by atoms with Gasteiger partial charge >= 0.3 is 0 Å². The molecule has 2 aliphatic carbocycles. The van der Waals surface area contributed by atoms with E-state index in [0.29, 0.717) is 6.04 Å². The fourth-order valence-corrected chi connectivity index (χ4v) is 3.99. The van der Waals surface area contributed by atoms with Crippen LogP contribution in [0, 0.1) is 10.7 Å². The zero-order chi connectivity index (χ0) is 16.0. The van der Waals surface area contributed by atoms with E-state index in [1.54, 1.807) is 0 Å². The lowest BCUT2D eigenvalue weighted by atomic mass is 10.00. The van der Waals surface area contributed by atoms with E-state index in [0.717, 1.165) is 49.0 Å². The normalized spacial score (nSPS) is 23.0. The van der Waals surface area contributed by atoms with Crippen molar-refractivity contribution in [2.45, 2.75) is 71.1 Å². The van der Waals surface area contributed by atoms with Crippen molar-refractivity contribution in [2.75, 3.05) is 24.5 Å². The summed E-state index contributed by atoms with van der Waals surface area (Å²) in [4.78, 5) is 4.99. The third-order valence-electron chi connectivity index (χ3n) is 5.62. The highest BCUT2D eigenvalue weighted by atomic mass is 32.1. The number of hydrogen-bond donors (Lipinski definition) is 0. The Morgan fingerprint density at radius 2 is 1.83 bits per heavy atom. The van der Waals surface area contributed by atoms with Crippen LogP contribution in [-0.4, -0.2) is 44.9 Å². The van der Waals surface area contributed by atoms with E-state index in [4.69, 9.17) is 17.3 Å². The molecule has 2 saturated carbocycles. The minimum absolute atomic E-state index is 0.599. The van der Waals surface area contributed by atoms with Gasteiger partial charge in [0.05, 0.1) is 6.67 Å². The predicted molar refractivity (Wildman–Crippen MR) is 95.3 cm³/mol. The number of anilines is 1. The molecule has 23 heavy (non-hydrogen) atoms. The number of hydrogen-bond acceptors (Lipinski definition) is 4. The van der Waals surface area contributed by atoms with Crippen LogP contribution in [0.5, 0.6) is 0 Å². The molecule has 0 atom stereocenters. The Balaban J connectivity index is 1.60. The third-order valence-corrected chi connectivity index (χ3v) is 6.02. The highest BCUT2D eigenvalue weighted by Crippen LogP contribution is 2.39. The van der Waals surface area contributed by atoms with Crippen LogP contribution < -0.4 is 4.90 Å². The zero-order valence-corrected chi connectivity index (χ0v) is 15.3. The molecule has 6 heteroatoms. The van der Waals surface area contributed by atoms with Crippen LogP contribution in [0.1, 0.15) is 58.4 Å².